The molecule has 2 aromatic carbocycles. The van der Waals surface area contributed by atoms with Gasteiger partial charge in [0, 0.05) is 11.8 Å². The van der Waals surface area contributed by atoms with Crippen LogP contribution in [0.5, 0.6) is 11.5 Å². The lowest BCUT2D eigenvalue weighted by molar-refractivity contribution is 0.218. The van der Waals surface area contributed by atoms with Crippen LogP contribution >= 0.6 is 0 Å². The highest BCUT2D eigenvalue weighted by molar-refractivity contribution is 5.52. The molecule has 0 aliphatic carbocycles. The third-order valence-corrected chi connectivity index (χ3v) is 2.78. The summed E-state index contributed by atoms with van der Waals surface area (Å²) in [4.78, 5) is 0. The van der Waals surface area contributed by atoms with Gasteiger partial charge in [-0.25, -0.2) is 0 Å². The summed E-state index contributed by atoms with van der Waals surface area (Å²) in [5.74, 6) is 1.42. The van der Waals surface area contributed by atoms with Crippen LogP contribution in [0.25, 0.3) is 0 Å². The Morgan fingerprint density at radius 1 is 0.895 bits per heavy atom. The van der Waals surface area contributed by atoms with Crippen molar-refractivity contribution >= 4 is 11.4 Å². The fraction of sp³-hybridized carbons (Fsp3) is 0.200. The normalized spacial score (nSPS) is 10.2. The van der Waals surface area contributed by atoms with Gasteiger partial charge >= 0.3 is 0 Å². The van der Waals surface area contributed by atoms with Crippen LogP contribution in [0.3, 0.4) is 0 Å². The van der Waals surface area contributed by atoms with Crippen LogP contribution in [0.4, 0.5) is 11.4 Å². The van der Waals surface area contributed by atoms with Crippen LogP contribution < -0.4 is 20.9 Å². The Labute approximate surface area is 112 Å². The average molecular weight is 258 g/mol. The van der Waals surface area contributed by atoms with Gasteiger partial charge in [0.1, 0.15) is 24.7 Å². The molecule has 0 saturated heterocycles. The van der Waals surface area contributed by atoms with Gasteiger partial charge in [0.2, 0.25) is 0 Å². The Hall–Kier alpha value is -2.36. The third kappa shape index (κ3) is 3.55. The summed E-state index contributed by atoms with van der Waals surface area (Å²) in [6, 6.07) is 13.0. The van der Waals surface area contributed by atoms with Gasteiger partial charge in [0.15, 0.2) is 0 Å². The highest BCUT2D eigenvalue weighted by Crippen LogP contribution is 2.20. The first-order chi connectivity index (χ1) is 9.16. The van der Waals surface area contributed by atoms with Crippen LogP contribution in [0.2, 0.25) is 0 Å². The number of aryl methyl sites for hydroxylation is 1. The molecule has 4 nitrogen and oxygen atoms in total. The Morgan fingerprint density at radius 2 is 1.63 bits per heavy atom. The molecule has 0 atom stereocenters. The Kier molecular flexibility index (Phi) is 4.13. The molecule has 0 bridgehead atoms. The minimum Gasteiger partial charge on any atom is -0.490 e. The van der Waals surface area contributed by atoms with Gasteiger partial charge < -0.3 is 20.9 Å². The number of hydrogen-bond acceptors (Lipinski definition) is 4. The van der Waals surface area contributed by atoms with E-state index >= 15 is 0 Å². The summed E-state index contributed by atoms with van der Waals surface area (Å²) >= 11 is 0. The second kappa shape index (κ2) is 6.00. The second-order valence-corrected chi connectivity index (χ2v) is 4.25. The molecule has 0 fully saturated rings. The van der Waals surface area contributed by atoms with Gasteiger partial charge in [0.25, 0.3) is 0 Å². The number of ether oxygens (including phenoxy) is 2. The van der Waals surface area contributed by atoms with Gasteiger partial charge in [0.05, 0.1) is 5.69 Å². The van der Waals surface area contributed by atoms with Crippen molar-refractivity contribution in [3.63, 3.8) is 0 Å². The Morgan fingerprint density at radius 3 is 2.37 bits per heavy atom. The van der Waals surface area contributed by atoms with Gasteiger partial charge in [-0.05, 0) is 30.7 Å². The van der Waals surface area contributed by atoms with Crippen LogP contribution in [-0.4, -0.2) is 13.2 Å². The molecule has 0 heterocycles. The maximum atomic E-state index is 5.81. The first-order valence-corrected chi connectivity index (χ1v) is 6.13. The maximum Gasteiger partial charge on any atom is 0.142 e. The highest BCUT2D eigenvalue weighted by Gasteiger charge is 2.00. The molecule has 0 unspecified atom stereocenters. The van der Waals surface area contributed by atoms with Crippen molar-refractivity contribution in [2.75, 3.05) is 24.7 Å². The molecule has 0 saturated carbocycles. The van der Waals surface area contributed by atoms with E-state index in [4.69, 9.17) is 20.9 Å². The lowest BCUT2D eigenvalue weighted by Gasteiger charge is -2.10. The number of para-hydroxylation sites is 2. The van der Waals surface area contributed by atoms with Crippen LogP contribution in [-0.2, 0) is 0 Å². The number of rotatable bonds is 5. The predicted octanol–water partition coefficient (Wildman–Crippen LogP) is 2.62. The lowest BCUT2D eigenvalue weighted by Crippen LogP contribution is -2.10. The topological polar surface area (TPSA) is 70.5 Å². The summed E-state index contributed by atoms with van der Waals surface area (Å²) in [5.41, 5.74) is 14.0. The standard InChI is InChI=1S/C15H18N2O2/c1-11-6-7-12(10-14(11)17)18-8-9-19-15-5-3-2-4-13(15)16/h2-7,10H,8-9,16-17H2,1H3. The number of benzene rings is 2. The minimum absolute atomic E-state index is 0.433. The van der Waals surface area contributed by atoms with E-state index in [0.29, 0.717) is 24.7 Å². The van der Waals surface area contributed by atoms with Crippen molar-refractivity contribution in [3.05, 3.63) is 48.0 Å². The zero-order chi connectivity index (χ0) is 13.7. The quantitative estimate of drug-likeness (QED) is 0.639. The first kappa shape index (κ1) is 13.1. The monoisotopic (exact) mass is 258 g/mol. The molecule has 0 amide bonds. The van der Waals surface area contributed by atoms with E-state index in [0.717, 1.165) is 17.0 Å². The molecule has 0 aliphatic heterocycles. The summed E-state index contributed by atoms with van der Waals surface area (Å²) in [5, 5.41) is 0. The highest BCUT2D eigenvalue weighted by atomic mass is 16.5. The number of nitrogens with two attached hydrogens (primary N) is 2. The van der Waals surface area contributed by atoms with Gasteiger partial charge in [-0.1, -0.05) is 18.2 Å². The lowest BCUT2D eigenvalue weighted by atomic mass is 10.2. The smallest absolute Gasteiger partial charge is 0.142 e. The summed E-state index contributed by atoms with van der Waals surface area (Å²) in [6.07, 6.45) is 0. The van der Waals surface area contributed by atoms with Crippen molar-refractivity contribution in [1.29, 1.82) is 0 Å². The van der Waals surface area contributed by atoms with Crippen molar-refractivity contribution in [2.24, 2.45) is 0 Å². The van der Waals surface area contributed by atoms with E-state index < -0.39 is 0 Å². The van der Waals surface area contributed by atoms with Gasteiger partial charge in [-0.15, -0.1) is 0 Å². The van der Waals surface area contributed by atoms with E-state index in [9.17, 15) is 0 Å². The SMILES string of the molecule is Cc1ccc(OCCOc2ccccc2N)cc1N. The molecule has 0 radical (unpaired) electrons. The first-order valence-electron chi connectivity index (χ1n) is 6.13. The molecule has 0 aromatic heterocycles. The average Bonchev–Trinajstić information content (AvgIpc) is 2.40. The molecule has 100 valence electrons. The van der Waals surface area contributed by atoms with Crippen molar-refractivity contribution < 1.29 is 9.47 Å². The molecule has 0 spiro atoms. The zero-order valence-corrected chi connectivity index (χ0v) is 10.9. The fourth-order valence-corrected chi connectivity index (χ4v) is 1.63. The number of anilines is 2. The van der Waals surface area contributed by atoms with E-state index in [1.807, 2.05) is 43.3 Å². The fourth-order valence-electron chi connectivity index (χ4n) is 1.63. The summed E-state index contributed by atoms with van der Waals surface area (Å²) in [7, 11) is 0. The van der Waals surface area contributed by atoms with E-state index in [1.165, 1.54) is 0 Å². The zero-order valence-electron chi connectivity index (χ0n) is 10.9. The van der Waals surface area contributed by atoms with Crippen molar-refractivity contribution in [1.82, 2.24) is 0 Å². The maximum absolute atomic E-state index is 5.81. The van der Waals surface area contributed by atoms with Crippen LogP contribution in [0.15, 0.2) is 42.5 Å². The minimum atomic E-state index is 0.433. The Bertz CT molecular complexity index is 556. The summed E-state index contributed by atoms with van der Waals surface area (Å²) < 4.78 is 11.1. The molecule has 2 rings (SSSR count). The van der Waals surface area contributed by atoms with E-state index in [1.54, 1.807) is 6.07 Å². The number of nitrogen functional groups attached to an aromatic ring is 2. The molecule has 2 aromatic rings. The molecule has 19 heavy (non-hydrogen) atoms. The van der Waals surface area contributed by atoms with Crippen LogP contribution in [0.1, 0.15) is 5.56 Å². The molecule has 4 heteroatoms. The van der Waals surface area contributed by atoms with Crippen LogP contribution in [0, 0.1) is 6.92 Å². The van der Waals surface area contributed by atoms with Crippen molar-refractivity contribution in [2.45, 2.75) is 6.92 Å². The summed E-state index contributed by atoms with van der Waals surface area (Å²) in [6.45, 7) is 2.83. The number of hydrogen-bond donors (Lipinski definition) is 2. The van der Waals surface area contributed by atoms with E-state index in [-0.39, 0.29) is 0 Å². The van der Waals surface area contributed by atoms with Gasteiger partial charge in [-0.3, -0.25) is 0 Å². The predicted molar refractivity (Wildman–Crippen MR) is 77.4 cm³/mol. The molecular weight excluding hydrogens is 240 g/mol. The van der Waals surface area contributed by atoms with E-state index in [2.05, 4.69) is 0 Å². The molecule has 4 N–H and O–H groups in total. The Balaban J connectivity index is 1.81. The van der Waals surface area contributed by atoms with Crippen molar-refractivity contribution in [3.8, 4) is 11.5 Å². The third-order valence-electron chi connectivity index (χ3n) is 2.78. The van der Waals surface area contributed by atoms with Gasteiger partial charge in [-0.2, -0.15) is 0 Å². The second-order valence-electron chi connectivity index (χ2n) is 4.25. The largest absolute Gasteiger partial charge is 0.490 e. The molecule has 0 aliphatic rings. The molecular formula is C15H18N2O2.